The summed E-state index contributed by atoms with van der Waals surface area (Å²) in [4.78, 5) is 28.6. The molecule has 2 amide bonds. The Morgan fingerprint density at radius 2 is 1.30 bits per heavy atom. The lowest BCUT2D eigenvalue weighted by Gasteiger charge is -2.19. The number of nitrogens with zero attached hydrogens (tertiary/aromatic N) is 2. The SMILES string of the molecule is CN(Cc1ccccc1)C(=O)CNc1cccc(C(=O)N(C)Cc2ccccc2)c1. The van der Waals surface area contributed by atoms with Crippen LogP contribution in [0.5, 0.6) is 0 Å². The van der Waals surface area contributed by atoms with Crippen LogP contribution in [0.15, 0.2) is 84.9 Å². The number of carbonyl (C=O) groups is 2. The number of likely N-dealkylation sites (N-methyl/N-ethyl adjacent to an activating group) is 1. The second kappa shape index (κ2) is 10.3. The van der Waals surface area contributed by atoms with Crippen molar-refractivity contribution in [2.45, 2.75) is 13.1 Å². The van der Waals surface area contributed by atoms with Gasteiger partial charge in [-0.05, 0) is 29.3 Å². The Morgan fingerprint density at radius 3 is 1.90 bits per heavy atom. The Labute approximate surface area is 177 Å². The highest BCUT2D eigenvalue weighted by atomic mass is 16.2. The highest BCUT2D eigenvalue weighted by Crippen LogP contribution is 2.14. The highest BCUT2D eigenvalue weighted by molar-refractivity contribution is 5.95. The van der Waals surface area contributed by atoms with Gasteiger partial charge in [0.25, 0.3) is 5.91 Å². The third kappa shape index (κ3) is 5.95. The van der Waals surface area contributed by atoms with Crippen molar-refractivity contribution in [3.63, 3.8) is 0 Å². The van der Waals surface area contributed by atoms with Gasteiger partial charge in [-0.25, -0.2) is 0 Å². The standard InChI is InChI=1S/C25H27N3O2/c1-27(18-20-10-5-3-6-11-20)24(29)17-26-23-15-9-14-22(16-23)25(30)28(2)19-21-12-7-4-8-13-21/h3-16,26H,17-19H2,1-2H3. The van der Waals surface area contributed by atoms with Crippen molar-refractivity contribution in [2.75, 3.05) is 26.0 Å². The van der Waals surface area contributed by atoms with Gasteiger partial charge in [-0.2, -0.15) is 0 Å². The molecule has 0 unspecified atom stereocenters. The highest BCUT2D eigenvalue weighted by Gasteiger charge is 2.13. The van der Waals surface area contributed by atoms with Crippen molar-refractivity contribution < 1.29 is 9.59 Å². The molecule has 0 fully saturated rings. The van der Waals surface area contributed by atoms with E-state index >= 15 is 0 Å². The van der Waals surface area contributed by atoms with E-state index < -0.39 is 0 Å². The summed E-state index contributed by atoms with van der Waals surface area (Å²) in [5.41, 5.74) is 3.50. The largest absolute Gasteiger partial charge is 0.376 e. The van der Waals surface area contributed by atoms with Gasteiger partial charge < -0.3 is 15.1 Å². The quantitative estimate of drug-likeness (QED) is 0.620. The molecule has 0 saturated heterocycles. The molecule has 0 bridgehead atoms. The maximum Gasteiger partial charge on any atom is 0.253 e. The zero-order chi connectivity index (χ0) is 21.3. The van der Waals surface area contributed by atoms with E-state index in [4.69, 9.17) is 0 Å². The number of anilines is 1. The van der Waals surface area contributed by atoms with Crippen LogP contribution in [0.4, 0.5) is 5.69 Å². The van der Waals surface area contributed by atoms with Crippen LogP contribution in [0.2, 0.25) is 0 Å². The summed E-state index contributed by atoms with van der Waals surface area (Å²) in [6, 6.07) is 27.0. The van der Waals surface area contributed by atoms with Crippen molar-refractivity contribution in [1.82, 2.24) is 9.80 Å². The van der Waals surface area contributed by atoms with Crippen LogP contribution in [0.3, 0.4) is 0 Å². The zero-order valence-electron chi connectivity index (χ0n) is 17.4. The van der Waals surface area contributed by atoms with E-state index in [1.54, 1.807) is 36.0 Å². The van der Waals surface area contributed by atoms with Crippen molar-refractivity contribution in [1.29, 1.82) is 0 Å². The van der Waals surface area contributed by atoms with Crippen LogP contribution >= 0.6 is 0 Å². The van der Waals surface area contributed by atoms with Gasteiger partial charge in [0.05, 0.1) is 6.54 Å². The molecule has 3 aromatic carbocycles. The predicted octanol–water partition coefficient (Wildman–Crippen LogP) is 4.03. The molecule has 3 rings (SSSR count). The molecular weight excluding hydrogens is 374 g/mol. The molecule has 0 aliphatic carbocycles. The molecule has 0 spiro atoms. The van der Waals surface area contributed by atoms with Gasteiger partial charge in [-0.15, -0.1) is 0 Å². The van der Waals surface area contributed by atoms with E-state index in [0.29, 0.717) is 18.7 Å². The number of nitrogens with one attached hydrogen (secondary N) is 1. The molecule has 0 radical (unpaired) electrons. The first-order chi connectivity index (χ1) is 14.5. The Morgan fingerprint density at radius 1 is 0.733 bits per heavy atom. The van der Waals surface area contributed by atoms with E-state index in [-0.39, 0.29) is 18.4 Å². The van der Waals surface area contributed by atoms with Crippen molar-refractivity contribution >= 4 is 17.5 Å². The first-order valence-corrected chi connectivity index (χ1v) is 9.94. The normalized spacial score (nSPS) is 10.3. The van der Waals surface area contributed by atoms with E-state index in [0.717, 1.165) is 16.8 Å². The van der Waals surface area contributed by atoms with Gasteiger partial charge in [-0.3, -0.25) is 9.59 Å². The zero-order valence-corrected chi connectivity index (χ0v) is 17.4. The molecule has 0 heterocycles. The molecule has 0 saturated carbocycles. The summed E-state index contributed by atoms with van der Waals surface area (Å²) in [6.45, 7) is 1.27. The van der Waals surface area contributed by atoms with Gasteiger partial charge in [0.1, 0.15) is 0 Å². The van der Waals surface area contributed by atoms with Crippen molar-refractivity contribution in [2.24, 2.45) is 0 Å². The van der Waals surface area contributed by atoms with Crippen LogP contribution in [-0.4, -0.2) is 42.3 Å². The number of benzene rings is 3. The molecule has 0 atom stereocenters. The lowest BCUT2D eigenvalue weighted by molar-refractivity contribution is -0.128. The second-order valence-electron chi connectivity index (χ2n) is 7.32. The van der Waals surface area contributed by atoms with Gasteiger partial charge in [0.15, 0.2) is 0 Å². The van der Waals surface area contributed by atoms with Crippen LogP contribution in [0, 0.1) is 0 Å². The van der Waals surface area contributed by atoms with Crippen molar-refractivity contribution in [3.05, 3.63) is 102 Å². The van der Waals surface area contributed by atoms with E-state index in [1.165, 1.54) is 0 Å². The summed E-state index contributed by atoms with van der Waals surface area (Å²) in [5.74, 6) is -0.0770. The number of carbonyl (C=O) groups excluding carboxylic acids is 2. The molecule has 154 valence electrons. The summed E-state index contributed by atoms with van der Waals surface area (Å²) >= 11 is 0. The molecule has 0 aliphatic rings. The fourth-order valence-corrected chi connectivity index (χ4v) is 3.17. The number of rotatable bonds is 8. The van der Waals surface area contributed by atoms with Crippen LogP contribution < -0.4 is 5.32 Å². The van der Waals surface area contributed by atoms with Gasteiger partial charge in [-0.1, -0.05) is 66.7 Å². The molecule has 5 nitrogen and oxygen atoms in total. The van der Waals surface area contributed by atoms with E-state index in [9.17, 15) is 9.59 Å². The second-order valence-corrected chi connectivity index (χ2v) is 7.32. The molecule has 30 heavy (non-hydrogen) atoms. The molecular formula is C25H27N3O2. The summed E-state index contributed by atoms with van der Waals surface area (Å²) in [6.07, 6.45) is 0. The monoisotopic (exact) mass is 401 g/mol. The summed E-state index contributed by atoms with van der Waals surface area (Å²) in [7, 11) is 3.58. The van der Waals surface area contributed by atoms with E-state index in [2.05, 4.69) is 5.32 Å². The lowest BCUT2D eigenvalue weighted by Crippen LogP contribution is -2.31. The smallest absolute Gasteiger partial charge is 0.253 e. The lowest BCUT2D eigenvalue weighted by atomic mass is 10.1. The number of hydrogen-bond acceptors (Lipinski definition) is 3. The Bertz CT molecular complexity index is 974. The van der Waals surface area contributed by atoms with Crippen molar-refractivity contribution in [3.8, 4) is 0 Å². The third-order valence-corrected chi connectivity index (χ3v) is 4.85. The van der Waals surface area contributed by atoms with Crippen LogP contribution in [0.25, 0.3) is 0 Å². The maximum absolute atomic E-state index is 12.8. The Hall–Kier alpha value is -3.60. The molecule has 1 N–H and O–H groups in total. The molecule has 0 aliphatic heterocycles. The predicted molar refractivity (Wildman–Crippen MR) is 120 cm³/mol. The topological polar surface area (TPSA) is 52.7 Å². The summed E-state index contributed by atoms with van der Waals surface area (Å²) < 4.78 is 0. The maximum atomic E-state index is 12.8. The van der Waals surface area contributed by atoms with Crippen LogP contribution in [0.1, 0.15) is 21.5 Å². The van der Waals surface area contributed by atoms with E-state index in [1.807, 2.05) is 72.8 Å². The Balaban J connectivity index is 1.55. The minimum atomic E-state index is -0.0602. The molecule has 0 aromatic heterocycles. The van der Waals surface area contributed by atoms with Gasteiger partial charge in [0.2, 0.25) is 5.91 Å². The average molecular weight is 402 g/mol. The third-order valence-electron chi connectivity index (χ3n) is 4.85. The van der Waals surface area contributed by atoms with Crippen LogP contribution in [-0.2, 0) is 17.9 Å². The fraction of sp³-hybridized carbons (Fsp3) is 0.200. The van der Waals surface area contributed by atoms with Gasteiger partial charge in [0, 0.05) is 38.4 Å². The Kier molecular flexibility index (Phi) is 7.22. The minimum absolute atomic E-state index is 0.0169. The molecule has 5 heteroatoms. The first kappa shape index (κ1) is 21.1. The number of hydrogen-bond donors (Lipinski definition) is 1. The minimum Gasteiger partial charge on any atom is -0.376 e. The molecule has 3 aromatic rings. The first-order valence-electron chi connectivity index (χ1n) is 9.94. The average Bonchev–Trinajstić information content (AvgIpc) is 2.78. The van der Waals surface area contributed by atoms with Gasteiger partial charge >= 0.3 is 0 Å². The number of amides is 2. The summed E-state index contributed by atoms with van der Waals surface area (Å²) in [5, 5.41) is 3.13. The fourth-order valence-electron chi connectivity index (χ4n) is 3.17.